The van der Waals surface area contributed by atoms with E-state index < -0.39 is 0 Å². The lowest BCUT2D eigenvalue weighted by molar-refractivity contribution is 0.317. The van der Waals surface area contributed by atoms with Crippen LogP contribution in [0.5, 0.6) is 5.75 Å². The Morgan fingerprint density at radius 1 is 1.44 bits per heavy atom. The second-order valence-corrected chi connectivity index (χ2v) is 4.43. The van der Waals surface area contributed by atoms with Gasteiger partial charge in [-0.05, 0) is 17.7 Å². The molecule has 2 aromatic rings. The Kier molecular flexibility index (Phi) is 4.23. The summed E-state index contributed by atoms with van der Waals surface area (Å²) in [6.45, 7) is 1.03. The van der Waals surface area contributed by atoms with Gasteiger partial charge < -0.3 is 15.0 Å². The van der Waals surface area contributed by atoms with E-state index in [1.807, 2.05) is 36.0 Å². The molecule has 2 N–H and O–H groups in total. The molecule has 0 fully saturated rings. The smallest absolute Gasteiger partial charge is 0.137 e. The lowest BCUT2D eigenvalue weighted by Gasteiger charge is -2.09. The van der Waals surface area contributed by atoms with Crippen molar-refractivity contribution in [3.63, 3.8) is 0 Å². The third kappa shape index (κ3) is 3.03. The molecule has 0 aliphatic rings. The minimum Gasteiger partial charge on any atom is -0.492 e. The highest BCUT2D eigenvalue weighted by Gasteiger charge is 2.04. The van der Waals surface area contributed by atoms with Crippen LogP contribution >= 0.6 is 11.6 Å². The predicted molar refractivity (Wildman–Crippen MR) is 71.8 cm³/mol. The van der Waals surface area contributed by atoms with Gasteiger partial charge in [-0.3, -0.25) is 0 Å². The van der Waals surface area contributed by atoms with E-state index in [1.165, 1.54) is 0 Å². The van der Waals surface area contributed by atoms with Crippen LogP contribution in [0.25, 0.3) is 0 Å². The molecule has 0 atom stereocenters. The van der Waals surface area contributed by atoms with Gasteiger partial charge in [0.25, 0.3) is 0 Å². The van der Waals surface area contributed by atoms with Gasteiger partial charge >= 0.3 is 0 Å². The van der Waals surface area contributed by atoms with Crippen LogP contribution in [0.2, 0.25) is 5.02 Å². The van der Waals surface area contributed by atoms with E-state index in [1.54, 1.807) is 6.20 Å². The number of imidazole rings is 1. The molecule has 0 spiro atoms. The van der Waals surface area contributed by atoms with Crippen LogP contribution in [-0.4, -0.2) is 16.2 Å². The molecule has 1 heterocycles. The monoisotopic (exact) mass is 265 g/mol. The normalized spacial score (nSPS) is 10.6. The largest absolute Gasteiger partial charge is 0.492 e. The molecular weight excluding hydrogens is 250 g/mol. The van der Waals surface area contributed by atoms with Gasteiger partial charge in [0.15, 0.2) is 0 Å². The number of nitrogens with two attached hydrogens (primary N) is 1. The van der Waals surface area contributed by atoms with Crippen molar-refractivity contribution in [2.75, 3.05) is 6.61 Å². The van der Waals surface area contributed by atoms with Crippen LogP contribution in [0.1, 0.15) is 11.4 Å². The first-order valence-corrected chi connectivity index (χ1v) is 6.16. The van der Waals surface area contributed by atoms with Crippen molar-refractivity contribution < 1.29 is 4.74 Å². The molecule has 1 aromatic heterocycles. The highest BCUT2D eigenvalue weighted by Crippen LogP contribution is 2.25. The second-order valence-electron chi connectivity index (χ2n) is 4.02. The van der Waals surface area contributed by atoms with E-state index in [0.29, 0.717) is 23.9 Å². The average molecular weight is 266 g/mol. The number of nitrogens with zero attached hydrogens (tertiary/aromatic N) is 2. The van der Waals surface area contributed by atoms with Crippen LogP contribution < -0.4 is 10.5 Å². The number of aryl methyl sites for hydroxylation is 1. The van der Waals surface area contributed by atoms with E-state index in [2.05, 4.69) is 4.98 Å². The predicted octanol–water partition coefficient (Wildman–Crippen LogP) is 2.15. The first-order valence-electron chi connectivity index (χ1n) is 5.78. The van der Waals surface area contributed by atoms with Crippen molar-refractivity contribution in [3.8, 4) is 5.75 Å². The third-order valence-electron chi connectivity index (χ3n) is 2.74. The molecule has 0 bridgehead atoms. The summed E-state index contributed by atoms with van der Waals surface area (Å²) in [6.07, 6.45) is 4.44. The van der Waals surface area contributed by atoms with Crippen molar-refractivity contribution in [3.05, 3.63) is 47.0 Å². The number of rotatable bonds is 5. The summed E-state index contributed by atoms with van der Waals surface area (Å²) in [5.41, 5.74) is 6.54. The Bertz CT molecular complexity index is 525. The third-order valence-corrected chi connectivity index (χ3v) is 3.03. The van der Waals surface area contributed by atoms with Gasteiger partial charge in [0, 0.05) is 32.4 Å². The molecule has 2 rings (SSSR count). The summed E-state index contributed by atoms with van der Waals surface area (Å²) in [5, 5.41) is 0.595. The van der Waals surface area contributed by atoms with Gasteiger partial charge in [-0.1, -0.05) is 17.7 Å². The van der Waals surface area contributed by atoms with E-state index in [9.17, 15) is 0 Å². The molecule has 0 saturated heterocycles. The van der Waals surface area contributed by atoms with Gasteiger partial charge in [-0.25, -0.2) is 4.98 Å². The zero-order chi connectivity index (χ0) is 13.0. The van der Waals surface area contributed by atoms with E-state index in [-0.39, 0.29) is 0 Å². The maximum absolute atomic E-state index is 6.10. The van der Waals surface area contributed by atoms with Crippen LogP contribution in [-0.2, 0) is 20.0 Å². The fourth-order valence-corrected chi connectivity index (χ4v) is 1.94. The maximum atomic E-state index is 6.10. The molecule has 1 aromatic carbocycles. The van der Waals surface area contributed by atoms with Crippen LogP contribution in [0.4, 0.5) is 0 Å². The molecule has 0 aliphatic heterocycles. The fraction of sp³-hybridized carbons (Fsp3) is 0.308. The number of hydrogen-bond acceptors (Lipinski definition) is 3. The minimum absolute atomic E-state index is 0.479. The van der Waals surface area contributed by atoms with E-state index in [4.69, 9.17) is 22.1 Å². The van der Waals surface area contributed by atoms with Crippen molar-refractivity contribution >= 4 is 11.6 Å². The first kappa shape index (κ1) is 12.9. The zero-order valence-electron chi connectivity index (χ0n) is 10.3. The van der Waals surface area contributed by atoms with Gasteiger partial charge in [0.05, 0.1) is 11.6 Å². The molecule has 96 valence electrons. The lowest BCUT2D eigenvalue weighted by Crippen LogP contribution is -2.06. The molecule has 5 heteroatoms. The quantitative estimate of drug-likeness (QED) is 0.901. The molecule has 0 saturated carbocycles. The molecule has 4 nitrogen and oxygen atoms in total. The first-order chi connectivity index (χ1) is 8.70. The standard InChI is InChI=1S/C13H16ClN3O/c1-17-6-5-16-13(17)4-7-18-12-3-2-10(9-15)8-11(12)14/h2-3,5-6,8H,4,7,9,15H2,1H3. The zero-order valence-corrected chi connectivity index (χ0v) is 11.0. The average Bonchev–Trinajstić information content (AvgIpc) is 2.77. The summed E-state index contributed by atoms with van der Waals surface area (Å²) in [4.78, 5) is 4.23. The van der Waals surface area contributed by atoms with E-state index in [0.717, 1.165) is 17.8 Å². The Labute approximate surface area is 111 Å². The van der Waals surface area contributed by atoms with Crippen LogP contribution in [0, 0.1) is 0 Å². The molecular formula is C13H16ClN3O. The van der Waals surface area contributed by atoms with Gasteiger partial charge in [-0.2, -0.15) is 0 Å². The van der Waals surface area contributed by atoms with Gasteiger partial charge in [-0.15, -0.1) is 0 Å². The minimum atomic E-state index is 0.479. The highest BCUT2D eigenvalue weighted by atomic mass is 35.5. The Hall–Kier alpha value is -1.52. The molecule has 18 heavy (non-hydrogen) atoms. The van der Waals surface area contributed by atoms with E-state index >= 15 is 0 Å². The summed E-state index contributed by atoms with van der Waals surface area (Å²) in [7, 11) is 1.96. The number of benzene rings is 1. The fourth-order valence-electron chi connectivity index (χ4n) is 1.68. The molecule has 0 unspecified atom stereocenters. The summed E-state index contributed by atoms with van der Waals surface area (Å²) in [6, 6.07) is 5.60. The van der Waals surface area contributed by atoms with Crippen molar-refractivity contribution in [1.29, 1.82) is 0 Å². The Balaban J connectivity index is 1.92. The molecule has 0 amide bonds. The summed E-state index contributed by atoms with van der Waals surface area (Å²) in [5.74, 6) is 1.67. The Morgan fingerprint density at radius 3 is 2.89 bits per heavy atom. The highest BCUT2D eigenvalue weighted by molar-refractivity contribution is 6.32. The second kappa shape index (κ2) is 5.89. The van der Waals surface area contributed by atoms with Crippen molar-refractivity contribution in [1.82, 2.24) is 9.55 Å². The number of aromatic nitrogens is 2. The topological polar surface area (TPSA) is 53.1 Å². The van der Waals surface area contributed by atoms with Gasteiger partial charge in [0.1, 0.15) is 11.6 Å². The van der Waals surface area contributed by atoms with Crippen molar-refractivity contribution in [2.45, 2.75) is 13.0 Å². The van der Waals surface area contributed by atoms with Crippen LogP contribution in [0.15, 0.2) is 30.6 Å². The lowest BCUT2D eigenvalue weighted by atomic mass is 10.2. The summed E-state index contributed by atoms with van der Waals surface area (Å²) >= 11 is 6.10. The van der Waals surface area contributed by atoms with Crippen molar-refractivity contribution in [2.24, 2.45) is 12.8 Å². The summed E-state index contributed by atoms with van der Waals surface area (Å²) < 4.78 is 7.61. The maximum Gasteiger partial charge on any atom is 0.137 e. The Morgan fingerprint density at radius 2 is 2.28 bits per heavy atom. The van der Waals surface area contributed by atoms with Gasteiger partial charge in [0.2, 0.25) is 0 Å². The number of hydrogen-bond donors (Lipinski definition) is 1. The van der Waals surface area contributed by atoms with Crippen LogP contribution in [0.3, 0.4) is 0 Å². The SMILES string of the molecule is Cn1ccnc1CCOc1ccc(CN)cc1Cl. The molecule has 0 aliphatic carbocycles. The molecule has 0 radical (unpaired) electrons. The number of halogens is 1. The number of ether oxygens (including phenoxy) is 1.